The minimum atomic E-state index is -1.77. The first kappa shape index (κ1) is 26.4. The van der Waals surface area contributed by atoms with Gasteiger partial charge in [-0.3, -0.25) is 9.59 Å². The van der Waals surface area contributed by atoms with E-state index in [9.17, 15) is 24.4 Å². The summed E-state index contributed by atoms with van der Waals surface area (Å²) in [4.78, 5) is 42.9. The zero-order valence-corrected chi connectivity index (χ0v) is 20.4. The van der Waals surface area contributed by atoms with Crippen LogP contribution in [-0.2, 0) is 25.5 Å². The summed E-state index contributed by atoms with van der Waals surface area (Å²) in [6.45, 7) is 3.32. The lowest BCUT2D eigenvalue weighted by molar-refractivity contribution is -0.139. The number of rotatable bonds is 9. The fourth-order valence-corrected chi connectivity index (χ4v) is 4.81. The Bertz CT molecular complexity index is 909. The molecule has 4 rings (SSSR count). The van der Waals surface area contributed by atoms with Crippen LogP contribution in [-0.4, -0.2) is 109 Å². The molecular formula is C24H35BN4O7. The molecule has 12 heteroatoms. The smallest absolute Gasteiger partial charge is 0.426 e. The first-order chi connectivity index (χ1) is 17.4. The molecule has 0 aromatic heterocycles. The largest absolute Gasteiger partial charge is 0.475 e. The van der Waals surface area contributed by atoms with Gasteiger partial charge in [0.1, 0.15) is 5.54 Å². The van der Waals surface area contributed by atoms with Crippen molar-refractivity contribution in [2.24, 2.45) is 5.92 Å². The van der Waals surface area contributed by atoms with Crippen molar-refractivity contribution in [1.29, 1.82) is 0 Å². The fraction of sp³-hybridized carbons (Fsp3) is 0.625. The first-order valence-electron chi connectivity index (χ1n) is 12.6. The Morgan fingerprint density at radius 2 is 1.61 bits per heavy atom. The number of benzene rings is 1. The lowest BCUT2D eigenvalue weighted by atomic mass is 9.76. The zero-order valence-electron chi connectivity index (χ0n) is 20.4. The highest BCUT2D eigenvalue weighted by Crippen LogP contribution is 2.45. The molecule has 196 valence electrons. The maximum Gasteiger partial charge on any atom is 0.475 e. The van der Waals surface area contributed by atoms with E-state index in [-0.39, 0.29) is 12.3 Å². The maximum atomic E-state index is 13.5. The molecule has 0 bridgehead atoms. The van der Waals surface area contributed by atoms with Gasteiger partial charge in [0.2, 0.25) is 11.8 Å². The summed E-state index contributed by atoms with van der Waals surface area (Å²) in [6, 6.07) is 9.36. The van der Waals surface area contributed by atoms with Gasteiger partial charge in [-0.25, -0.2) is 4.79 Å². The van der Waals surface area contributed by atoms with Crippen LogP contribution in [0.3, 0.4) is 0 Å². The van der Waals surface area contributed by atoms with E-state index in [1.807, 2.05) is 30.3 Å². The first-order valence-corrected chi connectivity index (χ1v) is 12.6. The van der Waals surface area contributed by atoms with Crippen molar-refractivity contribution in [3.05, 3.63) is 35.9 Å². The standard InChI is InChI=1S/C24H35BN4O7/c30-21(28-9-13-35-14-10-28)19-17-24(19,27-23(32)29-11-15-36-16-12-29)22(31)26-20(25(33)34)8-4-7-18-5-2-1-3-6-18/h1-3,5-6,19-20,33-34H,4,7-17H2,(H,26,31)(H,27,32)/t19?,20-,24?/m0/s1. The molecule has 36 heavy (non-hydrogen) atoms. The highest BCUT2D eigenvalue weighted by atomic mass is 16.5. The predicted molar refractivity (Wildman–Crippen MR) is 131 cm³/mol. The third-order valence-corrected chi connectivity index (χ3v) is 7.11. The molecule has 1 aromatic rings. The second-order valence-corrected chi connectivity index (χ2v) is 9.57. The number of amides is 4. The van der Waals surface area contributed by atoms with Crippen LogP contribution >= 0.6 is 0 Å². The summed E-state index contributed by atoms with van der Waals surface area (Å²) in [5.41, 5.74) is -0.320. The number of ether oxygens (including phenoxy) is 2. The van der Waals surface area contributed by atoms with E-state index in [0.717, 1.165) is 12.0 Å². The second-order valence-electron chi connectivity index (χ2n) is 9.57. The summed E-state index contributed by atoms with van der Waals surface area (Å²) in [7, 11) is -1.77. The molecule has 2 heterocycles. The average Bonchev–Trinajstić information content (AvgIpc) is 3.64. The average molecular weight is 502 g/mol. The number of hydrogen-bond donors (Lipinski definition) is 4. The van der Waals surface area contributed by atoms with Crippen molar-refractivity contribution in [1.82, 2.24) is 20.4 Å². The normalized spacial score (nSPS) is 24.6. The van der Waals surface area contributed by atoms with Crippen LogP contribution in [0, 0.1) is 5.92 Å². The van der Waals surface area contributed by atoms with E-state index in [2.05, 4.69) is 10.6 Å². The van der Waals surface area contributed by atoms with Gasteiger partial charge in [-0.05, 0) is 31.2 Å². The van der Waals surface area contributed by atoms with Crippen LogP contribution in [0.5, 0.6) is 0 Å². The molecule has 3 fully saturated rings. The maximum absolute atomic E-state index is 13.5. The fourth-order valence-electron chi connectivity index (χ4n) is 4.81. The summed E-state index contributed by atoms with van der Waals surface area (Å²) in [5.74, 6) is -2.44. The van der Waals surface area contributed by atoms with Crippen molar-refractivity contribution in [2.45, 2.75) is 37.2 Å². The van der Waals surface area contributed by atoms with Gasteiger partial charge in [0, 0.05) is 26.2 Å². The summed E-state index contributed by atoms with van der Waals surface area (Å²) < 4.78 is 10.6. The van der Waals surface area contributed by atoms with Gasteiger partial charge in [-0.1, -0.05) is 30.3 Å². The van der Waals surface area contributed by atoms with E-state index in [0.29, 0.717) is 65.4 Å². The molecule has 0 radical (unpaired) electrons. The number of urea groups is 1. The van der Waals surface area contributed by atoms with Gasteiger partial charge < -0.3 is 40.0 Å². The van der Waals surface area contributed by atoms with Gasteiger partial charge >= 0.3 is 13.1 Å². The van der Waals surface area contributed by atoms with E-state index in [4.69, 9.17) is 9.47 Å². The van der Waals surface area contributed by atoms with E-state index in [1.165, 1.54) is 0 Å². The molecule has 3 aliphatic rings. The summed E-state index contributed by atoms with van der Waals surface area (Å²) in [5, 5.41) is 25.4. The molecule has 3 atom stereocenters. The molecule has 2 unspecified atom stereocenters. The lowest BCUT2D eigenvalue weighted by Crippen LogP contribution is -2.60. The van der Waals surface area contributed by atoms with Crippen LogP contribution in [0.25, 0.3) is 0 Å². The van der Waals surface area contributed by atoms with E-state index < -0.39 is 36.5 Å². The van der Waals surface area contributed by atoms with Gasteiger partial charge in [-0.2, -0.15) is 0 Å². The van der Waals surface area contributed by atoms with Crippen LogP contribution < -0.4 is 10.6 Å². The number of hydrogen-bond acceptors (Lipinski definition) is 7. The number of aryl methyl sites for hydroxylation is 1. The number of nitrogens with zero attached hydrogens (tertiary/aromatic N) is 2. The molecule has 1 saturated carbocycles. The Kier molecular flexibility index (Phi) is 8.83. The third kappa shape index (κ3) is 6.36. The number of carbonyl (C=O) groups is 3. The van der Waals surface area contributed by atoms with Gasteiger partial charge in [0.15, 0.2) is 0 Å². The molecule has 4 N–H and O–H groups in total. The SMILES string of the molecule is O=C(NC1(C(=O)N[C@@H](CCCc2ccccc2)B(O)O)CC1C(=O)N1CCOCC1)N1CCOCC1. The van der Waals surface area contributed by atoms with Gasteiger partial charge in [-0.15, -0.1) is 0 Å². The highest BCUT2D eigenvalue weighted by Gasteiger charge is 2.66. The molecule has 4 amide bonds. The van der Waals surface area contributed by atoms with E-state index in [1.54, 1.807) is 9.80 Å². The Morgan fingerprint density at radius 1 is 1.00 bits per heavy atom. The highest BCUT2D eigenvalue weighted by molar-refractivity contribution is 6.43. The Morgan fingerprint density at radius 3 is 2.22 bits per heavy atom. The number of nitrogens with one attached hydrogen (secondary N) is 2. The zero-order chi connectivity index (χ0) is 25.5. The summed E-state index contributed by atoms with van der Waals surface area (Å²) in [6.07, 6.45) is 1.82. The van der Waals surface area contributed by atoms with Crippen LogP contribution in [0.1, 0.15) is 24.8 Å². The number of morpholine rings is 2. The van der Waals surface area contributed by atoms with Crippen molar-refractivity contribution < 1.29 is 33.9 Å². The molecular weight excluding hydrogens is 467 g/mol. The minimum absolute atomic E-state index is 0.156. The number of carbonyl (C=O) groups excluding carboxylic acids is 3. The van der Waals surface area contributed by atoms with Crippen molar-refractivity contribution >= 4 is 25.0 Å². The quantitative estimate of drug-likeness (QED) is 0.323. The van der Waals surface area contributed by atoms with Crippen LogP contribution in [0.4, 0.5) is 4.79 Å². The van der Waals surface area contributed by atoms with Crippen molar-refractivity contribution in [2.75, 3.05) is 52.6 Å². The van der Waals surface area contributed by atoms with Crippen LogP contribution in [0.15, 0.2) is 30.3 Å². The Labute approximate surface area is 211 Å². The van der Waals surface area contributed by atoms with E-state index >= 15 is 0 Å². The van der Waals surface area contributed by atoms with Gasteiger partial charge in [0.05, 0.1) is 38.3 Å². The van der Waals surface area contributed by atoms with Gasteiger partial charge in [0.25, 0.3) is 0 Å². The lowest BCUT2D eigenvalue weighted by Gasteiger charge is -2.31. The second kappa shape index (κ2) is 12.0. The molecule has 0 spiro atoms. The van der Waals surface area contributed by atoms with Crippen molar-refractivity contribution in [3.63, 3.8) is 0 Å². The molecule has 1 aliphatic carbocycles. The molecule has 2 saturated heterocycles. The molecule has 11 nitrogen and oxygen atoms in total. The Hall–Kier alpha value is -2.67. The predicted octanol–water partition coefficient (Wildman–Crippen LogP) is -0.835. The van der Waals surface area contributed by atoms with Crippen LogP contribution in [0.2, 0.25) is 0 Å². The summed E-state index contributed by atoms with van der Waals surface area (Å²) >= 11 is 0. The van der Waals surface area contributed by atoms with Crippen molar-refractivity contribution in [3.8, 4) is 0 Å². The Balaban J connectivity index is 1.43. The third-order valence-electron chi connectivity index (χ3n) is 7.11. The topological polar surface area (TPSA) is 141 Å². The molecule has 1 aromatic carbocycles. The molecule has 2 aliphatic heterocycles. The monoisotopic (exact) mass is 502 g/mol. The minimum Gasteiger partial charge on any atom is -0.426 e.